The van der Waals surface area contributed by atoms with Crippen LogP contribution in [-0.2, 0) is 0 Å². The molecule has 23 heavy (non-hydrogen) atoms. The monoisotopic (exact) mass is 329 g/mol. The molecule has 1 fully saturated rings. The molecule has 6 nitrogen and oxygen atoms in total. The molecule has 0 amide bonds. The van der Waals surface area contributed by atoms with Crippen LogP contribution >= 0.6 is 0 Å². The van der Waals surface area contributed by atoms with Crippen molar-refractivity contribution in [2.24, 2.45) is 5.10 Å². The predicted molar refractivity (Wildman–Crippen MR) is 82.8 cm³/mol. The summed E-state index contributed by atoms with van der Waals surface area (Å²) >= 11 is 0. The fourth-order valence-corrected chi connectivity index (χ4v) is 2.24. The second kappa shape index (κ2) is 7.96. The van der Waals surface area contributed by atoms with Crippen LogP contribution in [0.3, 0.4) is 0 Å². The summed E-state index contributed by atoms with van der Waals surface area (Å²) in [5, 5.41) is 6.37. The second-order valence-corrected chi connectivity index (χ2v) is 5.13. The van der Waals surface area contributed by atoms with Gasteiger partial charge in [0, 0.05) is 31.7 Å². The highest BCUT2D eigenvalue weighted by Crippen LogP contribution is 2.39. The van der Waals surface area contributed by atoms with Gasteiger partial charge in [0.25, 0.3) is 0 Å². The highest BCUT2D eigenvalue weighted by atomic mass is 19.3. The first-order chi connectivity index (χ1) is 11.0. The van der Waals surface area contributed by atoms with E-state index in [0.29, 0.717) is 5.56 Å². The fraction of sp³-hybridized carbons (Fsp3) is 0.533. The molecule has 0 aromatic heterocycles. The summed E-state index contributed by atoms with van der Waals surface area (Å²) in [6, 6.07) is 3.17. The van der Waals surface area contributed by atoms with Gasteiger partial charge in [-0.1, -0.05) is 0 Å². The van der Waals surface area contributed by atoms with Crippen LogP contribution in [0, 0.1) is 0 Å². The third-order valence-electron chi connectivity index (χ3n) is 3.54. The molecule has 1 aromatic carbocycles. The van der Waals surface area contributed by atoms with Crippen molar-refractivity contribution < 1.29 is 23.0 Å². The van der Waals surface area contributed by atoms with Crippen LogP contribution in [0.5, 0.6) is 17.2 Å². The molecule has 0 spiro atoms. The molecule has 1 aliphatic rings. The van der Waals surface area contributed by atoms with E-state index in [4.69, 9.17) is 9.47 Å². The van der Waals surface area contributed by atoms with E-state index in [1.54, 1.807) is 18.3 Å². The number of hydrazone groups is 1. The summed E-state index contributed by atoms with van der Waals surface area (Å²) in [5.74, 6) is 0.218. The number of alkyl halides is 2. The summed E-state index contributed by atoms with van der Waals surface area (Å²) in [6.45, 7) is 0.625. The van der Waals surface area contributed by atoms with Crippen LogP contribution in [0.2, 0.25) is 0 Å². The van der Waals surface area contributed by atoms with Gasteiger partial charge in [-0.3, -0.25) is 5.01 Å². The van der Waals surface area contributed by atoms with Crippen LogP contribution in [0.4, 0.5) is 8.78 Å². The molecule has 1 aliphatic heterocycles. The Labute approximate surface area is 134 Å². The number of likely N-dealkylation sites (N-methyl/N-ethyl adjacent to an activating group) is 1. The minimum absolute atomic E-state index is 0.123. The lowest BCUT2D eigenvalue weighted by molar-refractivity contribution is -0.0526. The van der Waals surface area contributed by atoms with Crippen molar-refractivity contribution in [3.05, 3.63) is 17.7 Å². The zero-order chi connectivity index (χ0) is 16.8. The molecular formula is C15H21F2N3O3. The molecule has 2 rings (SSSR count). The van der Waals surface area contributed by atoms with Crippen molar-refractivity contribution in [2.75, 3.05) is 47.4 Å². The van der Waals surface area contributed by atoms with Gasteiger partial charge in [-0.05, 0) is 19.2 Å². The molecule has 0 radical (unpaired) electrons. The van der Waals surface area contributed by atoms with Crippen molar-refractivity contribution in [2.45, 2.75) is 6.61 Å². The van der Waals surface area contributed by atoms with Crippen LogP contribution in [0.1, 0.15) is 5.56 Å². The molecule has 128 valence electrons. The summed E-state index contributed by atoms with van der Waals surface area (Å²) < 4.78 is 39.7. The van der Waals surface area contributed by atoms with E-state index >= 15 is 0 Å². The first kappa shape index (κ1) is 17.3. The van der Waals surface area contributed by atoms with Gasteiger partial charge in [-0.2, -0.15) is 13.9 Å². The number of nitrogens with zero attached hydrogens (tertiary/aromatic N) is 3. The number of benzene rings is 1. The van der Waals surface area contributed by atoms with E-state index in [0.717, 1.165) is 26.2 Å². The molecule has 1 saturated heterocycles. The summed E-state index contributed by atoms with van der Waals surface area (Å²) in [4.78, 5) is 2.23. The third kappa shape index (κ3) is 4.69. The van der Waals surface area contributed by atoms with E-state index in [1.807, 2.05) is 5.01 Å². The van der Waals surface area contributed by atoms with Crippen molar-refractivity contribution in [3.63, 3.8) is 0 Å². The largest absolute Gasteiger partial charge is 0.493 e. The van der Waals surface area contributed by atoms with Crippen molar-refractivity contribution >= 4 is 6.21 Å². The minimum atomic E-state index is -2.96. The van der Waals surface area contributed by atoms with Gasteiger partial charge in [0.1, 0.15) is 0 Å². The number of hydrogen-bond acceptors (Lipinski definition) is 6. The molecule has 0 bridgehead atoms. The van der Waals surface area contributed by atoms with E-state index in [-0.39, 0.29) is 17.2 Å². The SMILES string of the molecule is COc1cc(/C=N\N2CCN(C)CC2)cc(OC)c1OC(F)F. The Balaban J connectivity index is 2.19. The first-order valence-corrected chi connectivity index (χ1v) is 7.21. The smallest absolute Gasteiger partial charge is 0.387 e. The van der Waals surface area contributed by atoms with Gasteiger partial charge in [0.05, 0.1) is 20.4 Å². The van der Waals surface area contributed by atoms with Gasteiger partial charge < -0.3 is 19.1 Å². The number of ether oxygens (including phenoxy) is 3. The van der Waals surface area contributed by atoms with Crippen molar-refractivity contribution in [3.8, 4) is 17.2 Å². The highest BCUT2D eigenvalue weighted by Gasteiger charge is 2.18. The molecular weight excluding hydrogens is 308 g/mol. The Morgan fingerprint density at radius 3 is 2.13 bits per heavy atom. The molecule has 1 aromatic rings. The minimum Gasteiger partial charge on any atom is -0.493 e. The normalized spacial score (nSPS) is 16.2. The second-order valence-electron chi connectivity index (χ2n) is 5.13. The molecule has 0 N–H and O–H groups in total. The molecule has 0 saturated carbocycles. The first-order valence-electron chi connectivity index (χ1n) is 7.21. The highest BCUT2D eigenvalue weighted by molar-refractivity contribution is 5.82. The van der Waals surface area contributed by atoms with Crippen LogP contribution < -0.4 is 14.2 Å². The lowest BCUT2D eigenvalue weighted by atomic mass is 10.2. The molecule has 0 atom stereocenters. The number of rotatable bonds is 6. The van der Waals surface area contributed by atoms with Gasteiger partial charge >= 0.3 is 6.61 Å². The standard InChI is InChI=1S/C15H21F2N3O3/c1-19-4-6-20(7-5-19)18-10-11-8-12(21-2)14(23-15(16)17)13(9-11)22-3/h8-10,15H,4-7H2,1-3H3/b18-10-. The Bertz CT molecular complexity index is 522. The topological polar surface area (TPSA) is 46.5 Å². The van der Waals surface area contributed by atoms with E-state index in [2.05, 4.69) is 21.8 Å². The molecule has 8 heteroatoms. The number of piperazine rings is 1. The average Bonchev–Trinajstić information content (AvgIpc) is 2.54. The summed E-state index contributed by atoms with van der Waals surface area (Å²) in [6.07, 6.45) is 1.66. The van der Waals surface area contributed by atoms with Crippen LogP contribution in [0.25, 0.3) is 0 Å². The lowest BCUT2D eigenvalue weighted by Crippen LogP contribution is -2.41. The van der Waals surface area contributed by atoms with Gasteiger partial charge in [0.2, 0.25) is 5.75 Å². The molecule has 1 heterocycles. The number of hydrogen-bond donors (Lipinski definition) is 0. The van der Waals surface area contributed by atoms with E-state index in [9.17, 15) is 8.78 Å². The van der Waals surface area contributed by atoms with E-state index in [1.165, 1.54) is 14.2 Å². The zero-order valence-electron chi connectivity index (χ0n) is 13.5. The Kier molecular flexibility index (Phi) is 5.97. The maximum absolute atomic E-state index is 12.5. The maximum atomic E-state index is 12.5. The van der Waals surface area contributed by atoms with E-state index < -0.39 is 6.61 Å². The number of methoxy groups -OCH3 is 2. The summed E-state index contributed by atoms with van der Waals surface area (Å²) in [7, 11) is 4.83. The Hall–Kier alpha value is -2.09. The fourth-order valence-electron chi connectivity index (χ4n) is 2.24. The summed E-state index contributed by atoms with van der Waals surface area (Å²) in [5.41, 5.74) is 0.680. The van der Waals surface area contributed by atoms with Crippen LogP contribution in [0.15, 0.2) is 17.2 Å². The average molecular weight is 329 g/mol. The van der Waals surface area contributed by atoms with Crippen molar-refractivity contribution in [1.82, 2.24) is 9.91 Å². The quantitative estimate of drug-likeness (QED) is 0.746. The Morgan fingerprint density at radius 1 is 1.09 bits per heavy atom. The molecule has 0 aliphatic carbocycles. The maximum Gasteiger partial charge on any atom is 0.387 e. The third-order valence-corrected chi connectivity index (χ3v) is 3.54. The van der Waals surface area contributed by atoms with Gasteiger partial charge in [-0.15, -0.1) is 0 Å². The Morgan fingerprint density at radius 2 is 1.65 bits per heavy atom. The number of halogens is 2. The van der Waals surface area contributed by atoms with Crippen LogP contribution in [-0.4, -0.2) is 70.2 Å². The van der Waals surface area contributed by atoms with Gasteiger partial charge in [0.15, 0.2) is 11.5 Å². The zero-order valence-corrected chi connectivity index (χ0v) is 13.5. The van der Waals surface area contributed by atoms with Gasteiger partial charge in [-0.25, -0.2) is 0 Å². The predicted octanol–water partition coefficient (Wildman–Crippen LogP) is 1.89. The molecule has 0 unspecified atom stereocenters. The van der Waals surface area contributed by atoms with Crippen molar-refractivity contribution in [1.29, 1.82) is 0 Å². The lowest BCUT2D eigenvalue weighted by Gasteiger charge is -2.30.